The van der Waals surface area contributed by atoms with E-state index < -0.39 is 0 Å². The predicted octanol–water partition coefficient (Wildman–Crippen LogP) is 2.90. The number of fused-ring (bicyclic) bond motifs is 1. The van der Waals surface area contributed by atoms with E-state index in [9.17, 15) is 9.18 Å². The van der Waals surface area contributed by atoms with Crippen LogP contribution in [0.5, 0.6) is 5.75 Å². The van der Waals surface area contributed by atoms with Gasteiger partial charge in [0.15, 0.2) is 0 Å². The van der Waals surface area contributed by atoms with Gasteiger partial charge in [-0.2, -0.15) is 0 Å². The Balaban J connectivity index is 1.43. The number of carbonyl (C=O) groups excluding carboxylic acids is 1. The van der Waals surface area contributed by atoms with Crippen LogP contribution in [0.4, 0.5) is 4.39 Å². The molecular formula is C22H24FN2O2S+. The Hall–Kier alpha value is -2.44. The monoisotopic (exact) mass is 399 g/mol. The van der Waals surface area contributed by atoms with Gasteiger partial charge in [0.1, 0.15) is 18.1 Å². The minimum Gasteiger partial charge on any atom is -0.496 e. The number of nitrogens with one attached hydrogen (secondary N) is 1. The molecule has 6 heteroatoms. The molecule has 1 amide bonds. The Kier molecular flexibility index (Phi) is 5.33. The molecule has 2 heterocycles. The van der Waals surface area contributed by atoms with Gasteiger partial charge in [0.2, 0.25) is 0 Å². The van der Waals surface area contributed by atoms with Gasteiger partial charge >= 0.3 is 0 Å². The molecule has 0 aliphatic carbocycles. The summed E-state index contributed by atoms with van der Waals surface area (Å²) in [4.78, 5) is 17.2. The Morgan fingerprint density at radius 1 is 1.21 bits per heavy atom. The summed E-state index contributed by atoms with van der Waals surface area (Å²) in [5.41, 5.74) is 1.95. The molecule has 0 saturated carbocycles. The van der Waals surface area contributed by atoms with Gasteiger partial charge in [-0.25, -0.2) is 4.39 Å². The molecule has 2 aromatic carbocycles. The lowest BCUT2D eigenvalue weighted by Crippen LogP contribution is -3.13. The van der Waals surface area contributed by atoms with Crippen LogP contribution in [0.2, 0.25) is 0 Å². The Labute approximate surface area is 168 Å². The molecule has 1 aromatic heterocycles. The molecule has 0 atom stereocenters. The van der Waals surface area contributed by atoms with Crippen LogP contribution < -0.4 is 9.64 Å². The number of hydrogen-bond donors (Lipinski definition) is 1. The third-order valence-corrected chi connectivity index (χ3v) is 6.74. The maximum atomic E-state index is 13.6. The van der Waals surface area contributed by atoms with Gasteiger partial charge in [0.25, 0.3) is 5.91 Å². The van der Waals surface area contributed by atoms with Gasteiger partial charge in [-0.1, -0.05) is 18.2 Å². The molecule has 146 valence electrons. The number of hydrogen-bond acceptors (Lipinski definition) is 3. The summed E-state index contributed by atoms with van der Waals surface area (Å²) >= 11 is 1.58. The van der Waals surface area contributed by atoms with Crippen LogP contribution in [0, 0.1) is 12.7 Å². The number of benzene rings is 2. The predicted molar refractivity (Wildman–Crippen MR) is 110 cm³/mol. The van der Waals surface area contributed by atoms with Crippen molar-refractivity contribution in [2.45, 2.75) is 13.5 Å². The van der Waals surface area contributed by atoms with E-state index in [0.29, 0.717) is 25.4 Å². The number of piperazine rings is 1. The molecule has 1 fully saturated rings. The second kappa shape index (κ2) is 7.89. The smallest absolute Gasteiger partial charge is 0.264 e. The summed E-state index contributed by atoms with van der Waals surface area (Å²) < 4.78 is 20.1. The Morgan fingerprint density at radius 2 is 1.96 bits per heavy atom. The fourth-order valence-electron chi connectivity index (χ4n) is 3.88. The first kappa shape index (κ1) is 18.9. The van der Waals surface area contributed by atoms with Crippen molar-refractivity contribution in [1.29, 1.82) is 0 Å². The summed E-state index contributed by atoms with van der Waals surface area (Å²) in [5.74, 6) is 0.596. The minimum atomic E-state index is -0.246. The Morgan fingerprint density at radius 3 is 2.68 bits per heavy atom. The zero-order valence-electron chi connectivity index (χ0n) is 16.1. The normalized spacial score (nSPS) is 15.2. The molecule has 28 heavy (non-hydrogen) atoms. The van der Waals surface area contributed by atoms with E-state index in [1.54, 1.807) is 30.6 Å². The molecule has 3 aromatic rings. The maximum Gasteiger partial charge on any atom is 0.264 e. The number of rotatable bonds is 4. The van der Waals surface area contributed by atoms with E-state index in [1.807, 2.05) is 24.0 Å². The highest BCUT2D eigenvalue weighted by Gasteiger charge is 2.27. The highest BCUT2D eigenvalue weighted by Crippen LogP contribution is 2.31. The largest absolute Gasteiger partial charge is 0.496 e. The minimum absolute atomic E-state index is 0.126. The number of methoxy groups -OCH3 is 1. The van der Waals surface area contributed by atoms with E-state index in [2.05, 4.69) is 12.1 Å². The average molecular weight is 400 g/mol. The second-order valence-corrected chi connectivity index (χ2v) is 8.28. The van der Waals surface area contributed by atoms with Crippen LogP contribution in [0.3, 0.4) is 0 Å². The number of aryl methyl sites for hydroxylation is 1. The topological polar surface area (TPSA) is 34.0 Å². The van der Waals surface area contributed by atoms with Crippen LogP contribution in [0.15, 0.2) is 42.5 Å². The highest BCUT2D eigenvalue weighted by molar-refractivity contribution is 7.21. The molecule has 0 bridgehead atoms. The number of nitrogens with zero attached hydrogens (tertiary/aromatic N) is 1. The van der Waals surface area contributed by atoms with E-state index >= 15 is 0 Å². The number of thiophene rings is 1. The number of amides is 1. The first-order valence-corrected chi connectivity index (χ1v) is 10.3. The molecule has 1 saturated heterocycles. The van der Waals surface area contributed by atoms with Crippen molar-refractivity contribution in [2.24, 2.45) is 0 Å². The van der Waals surface area contributed by atoms with Gasteiger partial charge in [-0.3, -0.25) is 4.79 Å². The molecule has 0 radical (unpaired) electrons. The molecule has 4 nitrogen and oxygen atoms in total. The van der Waals surface area contributed by atoms with Crippen LogP contribution in [-0.4, -0.2) is 44.1 Å². The van der Waals surface area contributed by atoms with Crippen molar-refractivity contribution in [1.82, 2.24) is 4.90 Å². The molecule has 0 unspecified atom stereocenters. The second-order valence-electron chi connectivity index (χ2n) is 7.23. The van der Waals surface area contributed by atoms with Crippen molar-refractivity contribution in [3.05, 3.63) is 64.3 Å². The lowest BCUT2D eigenvalue weighted by Gasteiger charge is -2.32. The third-order valence-electron chi connectivity index (χ3n) is 5.48. The molecule has 4 rings (SSSR count). The summed E-state index contributed by atoms with van der Waals surface area (Å²) in [6.45, 7) is 5.83. The molecule has 1 aliphatic rings. The van der Waals surface area contributed by atoms with Crippen LogP contribution in [0.1, 0.15) is 20.8 Å². The average Bonchev–Trinajstić information content (AvgIpc) is 3.05. The van der Waals surface area contributed by atoms with Crippen LogP contribution in [0.25, 0.3) is 10.1 Å². The fraction of sp³-hybridized carbons (Fsp3) is 0.318. The maximum absolute atomic E-state index is 13.6. The lowest BCUT2D eigenvalue weighted by atomic mass is 10.1. The third kappa shape index (κ3) is 3.62. The quantitative estimate of drug-likeness (QED) is 0.732. The van der Waals surface area contributed by atoms with Crippen molar-refractivity contribution in [3.8, 4) is 5.75 Å². The van der Waals surface area contributed by atoms with Crippen LogP contribution >= 0.6 is 11.3 Å². The van der Waals surface area contributed by atoms with E-state index in [1.165, 1.54) is 16.4 Å². The van der Waals surface area contributed by atoms with E-state index in [4.69, 9.17) is 4.74 Å². The zero-order valence-corrected chi connectivity index (χ0v) is 16.9. The fourth-order valence-corrected chi connectivity index (χ4v) is 5.06. The van der Waals surface area contributed by atoms with Gasteiger partial charge in [-0.15, -0.1) is 11.3 Å². The first-order chi connectivity index (χ1) is 13.6. The Bertz CT molecular complexity index is 1010. The molecule has 1 N–H and O–H groups in total. The van der Waals surface area contributed by atoms with Gasteiger partial charge < -0.3 is 14.5 Å². The van der Waals surface area contributed by atoms with Crippen molar-refractivity contribution in [3.63, 3.8) is 0 Å². The standard InChI is InChI=1S/C22H23FN2O2S/c1-15-18-5-3-4-6-20(18)28-21(15)22(26)25-11-9-24(10-12-25)14-16-13-17(23)7-8-19(16)27-2/h3-8,13H,9-12,14H2,1-2H3/p+1. The summed E-state index contributed by atoms with van der Waals surface area (Å²) in [5, 5.41) is 1.17. The number of carbonyl (C=O) groups is 1. The molecular weight excluding hydrogens is 375 g/mol. The van der Waals surface area contributed by atoms with Gasteiger partial charge in [0.05, 0.1) is 43.7 Å². The van der Waals surface area contributed by atoms with Crippen molar-refractivity contribution in [2.75, 3.05) is 33.3 Å². The summed E-state index contributed by atoms with van der Waals surface area (Å²) in [7, 11) is 1.61. The van der Waals surface area contributed by atoms with Crippen molar-refractivity contribution >= 4 is 27.3 Å². The molecule has 0 spiro atoms. The van der Waals surface area contributed by atoms with Crippen molar-refractivity contribution < 1.29 is 18.8 Å². The van der Waals surface area contributed by atoms with E-state index in [-0.39, 0.29) is 11.7 Å². The van der Waals surface area contributed by atoms with Gasteiger partial charge in [-0.05, 0) is 42.1 Å². The number of ether oxygens (including phenoxy) is 1. The summed E-state index contributed by atoms with van der Waals surface area (Å²) in [6.07, 6.45) is 0. The lowest BCUT2D eigenvalue weighted by molar-refractivity contribution is -0.917. The molecule has 1 aliphatic heterocycles. The number of quaternary nitrogens is 1. The summed E-state index contributed by atoms with van der Waals surface area (Å²) in [6, 6.07) is 12.8. The zero-order chi connectivity index (χ0) is 19.7. The van der Waals surface area contributed by atoms with Crippen LogP contribution in [-0.2, 0) is 6.54 Å². The number of halogens is 1. The SMILES string of the molecule is COc1ccc(F)cc1C[NH+]1CCN(C(=O)c2sc3ccccc3c2C)CC1. The van der Waals surface area contributed by atoms with Gasteiger partial charge in [0, 0.05) is 4.70 Å². The highest BCUT2D eigenvalue weighted by atomic mass is 32.1. The van der Waals surface area contributed by atoms with E-state index in [0.717, 1.165) is 33.8 Å². The first-order valence-electron chi connectivity index (χ1n) is 9.50.